The fourth-order valence-corrected chi connectivity index (χ4v) is 1.68. The standard InChI is InChI=1S/C16H18N4O/c1-12-3-5-15(6-4-12)19-13(2)16(21)20-18-11-14-7-9-17-10-8-14/h3-11,13,19H,1-2H3,(H,20,21)/b18-11-/t13-/m0/s1. The Morgan fingerprint density at radius 2 is 1.86 bits per heavy atom. The summed E-state index contributed by atoms with van der Waals surface area (Å²) in [5, 5.41) is 7.05. The highest BCUT2D eigenvalue weighted by Gasteiger charge is 2.11. The second-order valence-electron chi connectivity index (χ2n) is 4.75. The third-order valence-corrected chi connectivity index (χ3v) is 2.92. The molecule has 0 spiro atoms. The van der Waals surface area contributed by atoms with Crippen LogP contribution in [0.1, 0.15) is 18.1 Å². The minimum atomic E-state index is -0.373. The van der Waals surface area contributed by atoms with E-state index in [0.29, 0.717) is 0 Å². The molecule has 0 fully saturated rings. The molecule has 2 aromatic rings. The lowest BCUT2D eigenvalue weighted by atomic mass is 10.2. The highest BCUT2D eigenvalue weighted by molar-refractivity contribution is 5.86. The largest absolute Gasteiger partial charge is 0.374 e. The number of hydrogen-bond donors (Lipinski definition) is 2. The summed E-state index contributed by atoms with van der Waals surface area (Å²) in [4.78, 5) is 15.8. The zero-order chi connectivity index (χ0) is 15.1. The number of pyridine rings is 1. The molecule has 1 aromatic heterocycles. The van der Waals surface area contributed by atoms with Crippen molar-refractivity contribution in [2.24, 2.45) is 5.10 Å². The first-order valence-corrected chi connectivity index (χ1v) is 6.71. The summed E-state index contributed by atoms with van der Waals surface area (Å²) in [6.45, 7) is 3.81. The van der Waals surface area contributed by atoms with E-state index in [1.54, 1.807) is 25.5 Å². The van der Waals surface area contributed by atoms with Crippen LogP contribution in [0.3, 0.4) is 0 Å². The molecule has 0 aliphatic heterocycles. The maximum absolute atomic E-state index is 11.9. The molecule has 1 atom stereocenters. The molecule has 21 heavy (non-hydrogen) atoms. The van der Waals surface area contributed by atoms with E-state index in [-0.39, 0.29) is 11.9 Å². The van der Waals surface area contributed by atoms with Crippen LogP contribution in [-0.4, -0.2) is 23.1 Å². The Morgan fingerprint density at radius 3 is 2.52 bits per heavy atom. The second kappa shape index (κ2) is 7.19. The number of rotatable bonds is 5. The van der Waals surface area contributed by atoms with Crippen LogP contribution in [-0.2, 0) is 4.79 Å². The van der Waals surface area contributed by atoms with Gasteiger partial charge in [0.15, 0.2) is 0 Å². The van der Waals surface area contributed by atoms with Crippen molar-refractivity contribution in [3.05, 3.63) is 59.9 Å². The lowest BCUT2D eigenvalue weighted by Crippen LogP contribution is -2.34. The molecule has 0 aliphatic rings. The van der Waals surface area contributed by atoms with Gasteiger partial charge in [-0.25, -0.2) is 5.43 Å². The molecule has 0 aliphatic carbocycles. The Hall–Kier alpha value is -2.69. The minimum Gasteiger partial charge on any atom is -0.374 e. The number of anilines is 1. The van der Waals surface area contributed by atoms with Gasteiger partial charge < -0.3 is 5.32 Å². The number of nitrogens with zero attached hydrogens (tertiary/aromatic N) is 2. The van der Waals surface area contributed by atoms with Crippen LogP contribution in [0.2, 0.25) is 0 Å². The lowest BCUT2D eigenvalue weighted by Gasteiger charge is -2.13. The number of carbonyl (C=O) groups excluding carboxylic acids is 1. The summed E-state index contributed by atoms with van der Waals surface area (Å²) in [7, 11) is 0. The number of aryl methyl sites for hydroxylation is 1. The van der Waals surface area contributed by atoms with Crippen LogP contribution >= 0.6 is 0 Å². The first-order valence-electron chi connectivity index (χ1n) is 6.71. The minimum absolute atomic E-state index is 0.194. The van der Waals surface area contributed by atoms with E-state index < -0.39 is 0 Å². The number of hydrogen-bond acceptors (Lipinski definition) is 4. The molecule has 1 amide bonds. The van der Waals surface area contributed by atoms with Crippen molar-refractivity contribution in [3.8, 4) is 0 Å². The van der Waals surface area contributed by atoms with Gasteiger partial charge in [-0.15, -0.1) is 0 Å². The monoisotopic (exact) mass is 282 g/mol. The topological polar surface area (TPSA) is 66.4 Å². The number of amides is 1. The first kappa shape index (κ1) is 14.7. The van der Waals surface area contributed by atoms with Gasteiger partial charge in [0.05, 0.1) is 6.21 Å². The maximum atomic E-state index is 11.9. The molecule has 0 saturated heterocycles. The van der Waals surface area contributed by atoms with Crippen molar-refractivity contribution in [2.75, 3.05) is 5.32 Å². The fraction of sp³-hybridized carbons (Fsp3) is 0.188. The second-order valence-corrected chi connectivity index (χ2v) is 4.75. The molecule has 1 heterocycles. The molecule has 5 nitrogen and oxygen atoms in total. The van der Waals surface area contributed by atoms with E-state index in [2.05, 4.69) is 20.8 Å². The van der Waals surface area contributed by atoms with Crippen molar-refractivity contribution in [1.29, 1.82) is 0 Å². The van der Waals surface area contributed by atoms with Crippen molar-refractivity contribution >= 4 is 17.8 Å². The quantitative estimate of drug-likeness (QED) is 0.653. The van der Waals surface area contributed by atoms with Gasteiger partial charge in [0.1, 0.15) is 6.04 Å². The van der Waals surface area contributed by atoms with Gasteiger partial charge in [-0.1, -0.05) is 17.7 Å². The van der Waals surface area contributed by atoms with Crippen LogP contribution in [0.5, 0.6) is 0 Å². The number of carbonyl (C=O) groups is 1. The highest BCUT2D eigenvalue weighted by Crippen LogP contribution is 2.09. The van der Waals surface area contributed by atoms with Crippen molar-refractivity contribution in [1.82, 2.24) is 10.4 Å². The first-order chi connectivity index (χ1) is 10.1. The summed E-state index contributed by atoms with van der Waals surface area (Å²) in [5.41, 5.74) is 5.47. The Balaban J connectivity index is 1.85. The highest BCUT2D eigenvalue weighted by atomic mass is 16.2. The molecule has 5 heteroatoms. The van der Waals surface area contributed by atoms with Crippen molar-refractivity contribution in [3.63, 3.8) is 0 Å². The summed E-state index contributed by atoms with van der Waals surface area (Å²) in [6.07, 6.45) is 4.92. The van der Waals surface area contributed by atoms with Crippen molar-refractivity contribution in [2.45, 2.75) is 19.9 Å². The SMILES string of the molecule is Cc1ccc(N[C@@H](C)C(=O)N/N=C\c2ccncc2)cc1. The lowest BCUT2D eigenvalue weighted by molar-refractivity contribution is -0.121. The summed E-state index contributed by atoms with van der Waals surface area (Å²) >= 11 is 0. The normalized spacial score (nSPS) is 12.1. The van der Waals surface area contributed by atoms with E-state index in [1.165, 1.54) is 5.56 Å². The third-order valence-electron chi connectivity index (χ3n) is 2.92. The van der Waals surface area contributed by atoms with Crippen LogP contribution in [0, 0.1) is 6.92 Å². The van der Waals surface area contributed by atoms with Gasteiger partial charge >= 0.3 is 0 Å². The summed E-state index contributed by atoms with van der Waals surface area (Å²) in [6, 6.07) is 11.1. The number of aromatic nitrogens is 1. The predicted molar refractivity (Wildman–Crippen MR) is 84.2 cm³/mol. The van der Waals surface area contributed by atoms with Crippen molar-refractivity contribution < 1.29 is 4.79 Å². The molecular weight excluding hydrogens is 264 g/mol. The number of hydrazone groups is 1. The molecular formula is C16H18N4O. The maximum Gasteiger partial charge on any atom is 0.262 e. The average Bonchev–Trinajstić information content (AvgIpc) is 2.50. The molecule has 0 bridgehead atoms. The molecule has 0 radical (unpaired) electrons. The zero-order valence-electron chi connectivity index (χ0n) is 12.1. The molecule has 2 N–H and O–H groups in total. The van der Waals surface area contributed by atoms with Crippen LogP contribution in [0.15, 0.2) is 53.9 Å². The summed E-state index contributed by atoms with van der Waals surface area (Å²) in [5.74, 6) is -0.194. The Bertz CT molecular complexity index is 608. The number of benzene rings is 1. The zero-order valence-corrected chi connectivity index (χ0v) is 12.1. The Kier molecular flexibility index (Phi) is 5.04. The summed E-state index contributed by atoms with van der Waals surface area (Å²) < 4.78 is 0. The van der Waals surface area contributed by atoms with Crippen LogP contribution in [0.25, 0.3) is 0 Å². The van der Waals surface area contributed by atoms with Gasteiger partial charge in [-0.2, -0.15) is 5.10 Å². The molecule has 0 saturated carbocycles. The predicted octanol–water partition coefficient (Wildman–Crippen LogP) is 2.34. The number of nitrogens with one attached hydrogen (secondary N) is 2. The molecule has 108 valence electrons. The van der Waals surface area contributed by atoms with Gasteiger partial charge in [-0.3, -0.25) is 9.78 Å². The fourth-order valence-electron chi connectivity index (χ4n) is 1.68. The Labute approximate surface area is 124 Å². The molecule has 1 aromatic carbocycles. The van der Waals surface area contributed by atoms with Gasteiger partial charge in [-0.05, 0) is 43.7 Å². The Morgan fingerprint density at radius 1 is 1.19 bits per heavy atom. The van der Waals surface area contributed by atoms with Gasteiger partial charge in [0.2, 0.25) is 0 Å². The van der Waals surface area contributed by atoms with E-state index in [0.717, 1.165) is 11.3 Å². The van der Waals surface area contributed by atoms with Crippen LogP contribution in [0.4, 0.5) is 5.69 Å². The van der Waals surface area contributed by atoms with E-state index in [1.807, 2.05) is 43.3 Å². The smallest absolute Gasteiger partial charge is 0.262 e. The average molecular weight is 282 g/mol. The van der Waals surface area contributed by atoms with Crippen LogP contribution < -0.4 is 10.7 Å². The van der Waals surface area contributed by atoms with E-state index in [9.17, 15) is 4.79 Å². The van der Waals surface area contributed by atoms with Gasteiger partial charge in [0, 0.05) is 18.1 Å². The van der Waals surface area contributed by atoms with E-state index >= 15 is 0 Å². The molecule has 2 rings (SSSR count). The third kappa shape index (κ3) is 4.72. The van der Waals surface area contributed by atoms with E-state index in [4.69, 9.17) is 0 Å². The molecule has 0 unspecified atom stereocenters. The van der Waals surface area contributed by atoms with Gasteiger partial charge in [0.25, 0.3) is 5.91 Å².